The highest BCUT2D eigenvalue weighted by atomic mass is 16.5. The van der Waals surface area contributed by atoms with Crippen LogP contribution in [0.3, 0.4) is 0 Å². The first kappa shape index (κ1) is 14.3. The molecule has 0 bridgehead atoms. The van der Waals surface area contributed by atoms with Gasteiger partial charge < -0.3 is 9.64 Å². The van der Waals surface area contributed by atoms with Gasteiger partial charge in [-0.05, 0) is 18.8 Å². The smallest absolute Gasteiger partial charge is 0.208 e. The van der Waals surface area contributed by atoms with E-state index in [-0.39, 0.29) is 6.10 Å². The second-order valence-corrected chi connectivity index (χ2v) is 4.69. The molecule has 2 atom stereocenters. The number of likely N-dealkylation sites (tertiary alicyclic amines) is 1. The lowest BCUT2D eigenvalue weighted by Crippen LogP contribution is -2.52. The van der Waals surface area contributed by atoms with E-state index in [1.807, 2.05) is 0 Å². The largest absolute Gasteiger partial charge is 0.379 e. The normalized spacial score (nSPS) is 26.1. The standard InChI is InChI=1S/C12H26N4O/c1-4-5-7-14-12(15-13)16-8-6-10(2)11(9-16)17-3/h10-11H,4-9,13H2,1-3H3,(H,14,15). The molecule has 1 saturated heterocycles. The molecular weight excluding hydrogens is 216 g/mol. The Morgan fingerprint density at radius 1 is 1.59 bits per heavy atom. The molecule has 1 fully saturated rings. The van der Waals surface area contributed by atoms with Gasteiger partial charge in [-0.3, -0.25) is 10.4 Å². The maximum Gasteiger partial charge on any atom is 0.208 e. The molecule has 0 aliphatic carbocycles. The molecule has 5 heteroatoms. The van der Waals surface area contributed by atoms with Crippen LogP contribution in [0, 0.1) is 5.92 Å². The summed E-state index contributed by atoms with van der Waals surface area (Å²) in [5, 5.41) is 0. The van der Waals surface area contributed by atoms with Gasteiger partial charge in [-0.25, -0.2) is 5.84 Å². The van der Waals surface area contributed by atoms with Gasteiger partial charge in [-0.1, -0.05) is 20.3 Å². The zero-order chi connectivity index (χ0) is 12.7. The van der Waals surface area contributed by atoms with E-state index in [1.54, 1.807) is 7.11 Å². The maximum atomic E-state index is 5.54. The zero-order valence-corrected chi connectivity index (χ0v) is 11.3. The molecule has 17 heavy (non-hydrogen) atoms. The summed E-state index contributed by atoms with van der Waals surface area (Å²) < 4.78 is 5.49. The molecular formula is C12H26N4O. The van der Waals surface area contributed by atoms with E-state index in [2.05, 4.69) is 29.2 Å². The predicted octanol–water partition coefficient (Wildman–Crippen LogP) is 0.963. The number of unbranched alkanes of at least 4 members (excludes halogenated alkanes) is 1. The van der Waals surface area contributed by atoms with Crippen LogP contribution in [-0.4, -0.2) is 43.7 Å². The fourth-order valence-corrected chi connectivity index (χ4v) is 2.11. The van der Waals surface area contributed by atoms with Gasteiger partial charge >= 0.3 is 0 Å². The third-order valence-corrected chi connectivity index (χ3v) is 3.39. The molecule has 1 rings (SSSR count). The number of guanidine groups is 1. The topological polar surface area (TPSA) is 62.9 Å². The molecule has 2 unspecified atom stereocenters. The first-order valence-corrected chi connectivity index (χ1v) is 6.51. The van der Waals surface area contributed by atoms with Crippen molar-refractivity contribution in [1.82, 2.24) is 10.3 Å². The van der Waals surface area contributed by atoms with Crippen molar-refractivity contribution >= 4 is 5.96 Å². The van der Waals surface area contributed by atoms with Crippen molar-refractivity contribution in [2.75, 3.05) is 26.7 Å². The molecule has 1 aliphatic rings. The first-order chi connectivity index (χ1) is 8.22. The van der Waals surface area contributed by atoms with Crippen LogP contribution < -0.4 is 11.3 Å². The molecule has 3 N–H and O–H groups in total. The summed E-state index contributed by atoms with van der Waals surface area (Å²) in [7, 11) is 1.77. The Hall–Kier alpha value is -0.810. The van der Waals surface area contributed by atoms with Crippen LogP contribution in [0.5, 0.6) is 0 Å². The number of nitrogens with one attached hydrogen (secondary N) is 1. The summed E-state index contributed by atoms with van der Waals surface area (Å²) in [6.07, 6.45) is 3.64. The summed E-state index contributed by atoms with van der Waals surface area (Å²) >= 11 is 0. The monoisotopic (exact) mass is 242 g/mol. The molecule has 0 aromatic rings. The Morgan fingerprint density at radius 3 is 2.94 bits per heavy atom. The van der Waals surface area contributed by atoms with Crippen LogP contribution in [0.15, 0.2) is 4.99 Å². The number of ether oxygens (including phenoxy) is 1. The van der Waals surface area contributed by atoms with E-state index in [1.165, 1.54) is 0 Å². The van der Waals surface area contributed by atoms with E-state index in [9.17, 15) is 0 Å². The van der Waals surface area contributed by atoms with E-state index < -0.39 is 0 Å². The average molecular weight is 242 g/mol. The predicted molar refractivity (Wildman–Crippen MR) is 70.7 cm³/mol. The van der Waals surface area contributed by atoms with Gasteiger partial charge in [0.15, 0.2) is 0 Å². The van der Waals surface area contributed by atoms with Gasteiger partial charge in [0, 0.05) is 26.7 Å². The van der Waals surface area contributed by atoms with Gasteiger partial charge in [0.25, 0.3) is 0 Å². The number of methoxy groups -OCH3 is 1. The van der Waals surface area contributed by atoms with E-state index in [0.717, 1.165) is 44.9 Å². The maximum absolute atomic E-state index is 5.54. The van der Waals surface area contributed by atoms with Crippen molar-refractivity contribution in [3.05, 3.63) is 0 Å². The van der Waals surface area contributed by atoms with E-state index in [4.69, 9.17) is 10.6 Å². The fraction of sp³-hybridized carbons (Fsp3) is 0.917. The minimum absolute atomic E-state index is 0.272. The zero-order valence-electron chi connectivity index (χ0n) is 11.3. The van der Waals surface area contributed by atoms with Crippen LogP contribution in [0.25, 0.3) is 0 Å². The molecule has 1 aliphatic heterocycles. The lowest BCUT2D eigenvalue weighted by molar-refractivity contribution is 0.0140. The van der Waals surface area contributed by atoms with Crippen LogP contribution in [0.4, 0.5) is 0 Å². The summed E-state index contributed by atoms with van der Waals surface area (Å²) in [6.45, 7) is 7.09. The van der Waals surface area contributed by atoms with Gasteiger partial charge in [0.2, 0.25) is 5.96 Å². The van der Waals surface area contributed by atoms with Crippen molar-refractivity contribution in [1.29, 1.82) is 0 Å². The Bertz CT molecular complexity index is 245. The van der Waals surface area contributed by atoms with Crippen LogP contribution in [-0.2, 0) is 4.74 Å². The van der Waals surface area contributed by atoms with Gasteiger partial charge in [-0.2, -0.15) is 0 Å². The second-order valence-electron chi connectivity index (χ2n) is 4.69. The number of hydrogen-bond acceptors (Lipinski definition) is 3. The van der Waals surface area contributed by atoms with Crippen molar-refractivity contribution in [2.45, 2.75) is 39.2 Å². The van der Waals surface area contributed by atoms with Gasteiger partial charge in [0.05, 0.1) is 6.10 Å². The SMILES string of the molecule is CCCCN=C(NN)N1CCC(C)C(OC)C1. The highest BCUT2D eigenvalue weighted by Gasteiger charge is 2.27. The Kier molecular flexibility index (Phi) is 6.29. The van der Waals surface area contributed by atoms with E-state index in [0.29, 0.717) is 5.92 Å². The number of piperidine rings is 1. The summed E-state index contributed by atoms with van der Waals surface area (Å²) in [6, 6.07) is 0. The van der Waals surface area contributed by atoms with Crippen LogP contribution >= 0.6 is 0 Å². The number of hydrazine groups is 1. The Morgan fingerprint density at radius 2 is 2.35 bits per heavy atom. The lowest BCUT2D eigenvalue weighted by Gasteiger charge is -2.37. The molecule has 0 amide bonds. The summed E-state index contributed by atoms with van der Waals surface area (Å²) in [4.78, 5) is 6.68. The highest BCUT2D eigenvalue weighted by molar-refractivity contribution is 5.79. The highest BCUT2D eigenvalue weighted by Crippen LogP contribution is 2.19. The van der Waals surface area contributed by atoms with Crippen molar-refractivity contribution in [3.63, 3.8) is 0 Å². The fourth-order valence-electron chi connectivity index (χ4n) is 2.11. The number of hydrogen-bond donors (Lipinski definition) is 2. The molecule has 1 heterocycles. The molecule has 0 spiro atoms. The Labute approximate surface area is 104 Å². The average Bonchev–Trinajstić information content (AvgIpc) is 2.36. The number of rotatable bonds is 4. The van der Waals surface area contributed by atoms with Crippen molar-refractivity contribution in [2.24, 2.45) is 16.8 Å². The summed E-state index contributed by atoms with van der Waals surface area (Å²) in [5.74, 6) is 6.95. The second kappa shape index (κ2) is 7.50. The number of nitrogens with two attached hydrogens (primary N) is 1. The van der Waals surface area contributed by atoms with Crippen molar-refractivity contribution < 1.29 is 4.74 Å². The molecule has 0 radical (unpaired) electrons. The van der Waals surface area contributed by atoms with Crippen LogP contribution in [0.2, 0.25) is 0 Å². The number of nitrogens with zero attached hydrogens (tertiary/aromatic N) is 2. The molecule has 100 valence electrons. The molecule has 5 nitrogen and oxygen atoms in total. The third kappa shape index (κ3) is 4.16. The van der Waals surface area contributed by atoms with Crippen LogP contribution in [0.1, 0.15) is 33.1 Å². The first-order valence-electron chi connectivity index (χ1n) is 6.51. The number of aliphatic imine (C=N–C) groups is 1. The minimum atomic E-state index is 0.272. The Balaban J connectivity index is 2.54. The molecule has 0 aromatic heterocycles. The van der Waals surface area contributed by atoms with Crippen molar-refractivity contribution in [3.8, 4) is 0 Å². The third-order valence-electron chi connectivity index (χ3n) is 3.39. The lowest BCUT2D eigenvalue weighted by atomic mass is 9.96. The van der Waals surface area contributed by atoms with E-state index >= 15 is 0 Å². The quantitative estimate of drug-likeness (QED) is 0.253. The molecule has 0 aromatic carbocycles. The van der Waals surface area contributed by atoms with Gasteiger partial charge in [0.1, 0.15) is 0 Å². The minimum Gasteiger partial charge on any atom is -0.379 e. The summed E-state index contributed by atoms with van der Waals surface area (Å²) in [5.41, 5.74) is 2.71. The van der Waals surface area contributed by atoms with Gasteiger partial charge in [-0.15, -0.1) is 0 Å². The molecule has 0 saturated carbocycles.